The smallest absolute Gasteiger partial charge is 0.292 e. The van der Waals surface area contributed by atoms with Crippen molar-refractivity contribution in [3.8, 4) is 0 Å². The first-order chi connectivity index (χ1) is 8.16. The number of hydrogen-bond donors (Lipinski definition) is 1. The Balaban J connectivity index is 2.07. The summed E-state index contributed by atoms with van der Waals surface area (Å²) in [5, 5.41) is 14.3. The summed E-state index contributed by atoms with van der Waals surface area (Å²) in [7, 11) is 0. The van der Waals surface area contributed by atoms with E-state index in [1.807, 2.05) is 0 Å². The largest absolute Gasteiger partial charge is 0.377 e. The van der Waals surface area contributed by atoms with Gasteiger partial charge in [-0.05, 0) is 25.0 Å². The molecule has 5 nitrogen and oxygen atoms in total. The van der Waals surface area contributed by atoms with Gasteiger partial charge in [-0.25, -0.2) is 0 Å². The molecule has 6 heteroatoms. The van der Waals surface area contributed by atoms with E-state index in [2.05, 4.69) is 5.32 Å². The van der Waals surface area contributed by atoms with Gasteiger partial charge in [-0.3, -0.25) is 10.1 Å². The van der Waals surface area contributed by atoms with E-state index in [0.29, 0.717) is 17.3 Å². The molecule has 1 aromatic carbocycles. The second kappa shape index (κ2) is 5.33. The Morgan fingerprint density at radius 2 is 2.41 bits per heavy atom. The Bertz CT molecular complexity index is 419. The lowest BCUT2D eigenvalue weighted by Gasteiger charge is -2.12. The highest BCUT2D eigenvalue weighted by Gasteiger charge is 2.18. The summed E-state index contributed by atoms with van der Waals surface area (Å²) in [6, 6.07) is 4.48. The molecular formula is C11H13ClN2O3. The van der Waals surface area contributed by atoms with Crippen LogP contribution in [0.1, 0.15) is 12.8 Å². The number of nitro groups is 1. The van der Waals surface area contributed by atoms with Crippen LogP contribution in [-0.4, -0.2) is 24.2 Å². The molecule has 1 heterocycles. The van der Waals surface area contributed by atoms with Crippen LogP contribution in [-0.2, 0) is 4.74 Å². The Labute approximate surface area is 104 Å². The van der Waals surface area contributed by atoms with Crippen molar-refractivity contribution in [1.29, 1.82) is 0 Å². The Hall–Kier alpha value is -1.33. The summed E-state index contributed by atoms with van der Waals surface area (Å²) in [5.74, 6) is 0. The van der Waals surface area contributed by atoms with Crippen molar-refractivity contribution in [3.63, 3.8) is 0 Å². The summed E-state index contributed by atoms with van der Waals surface area (Å²) in [5.41, 5.74) is 0.477. The highest BCUT2D eigenvalue weighted by Crippen LogP contribution is 2.28. The minimum atomic E-state index is -0.422. The number of nitrogens with zero attached hydrogens (tertiary/aromatic N) is 1. The topological polar surface area (TPSA) is 64.4 Å². The van der Waals surface area contributed by atoms with Gasteiger partial charge in [0.05, 0.1) is 11.0 Å². The summed E-state index contributed by atoms with van der Waals surface area (Å²) in [4.78, 5) is 10.4. The van der Waals surface area contributed by atoms with E-state index in [1.54, 1.807) is 6.07 Å². The quantitative estimate of drug-likeness (QED) is 0.665. The van der Waals surface area contributed by atoms with Gasteiger partial charge in [0, 0.05) is 24.2 Å². The zero-order valence-electron chi connectivity index (χ0n) is 9.19. The molecule has 0 aromatic heterocycles. The molecule has 0 aliphatic carbocycles. The van der Waals surface area contributed by atoms with E-state index in [0.717, 1.165) is 19.4 Å². The van der Waals surface area contributed by atoms with Gasteiger partial charge in [-0.2, -0.15) is 0 Å². The first-order valence-electron chi connectivity index (χ1n) is 5.46. The molecule has 92 valence electrons. The molecule has 0 spiro atoms. The zero-order valence-corrected chi connectivity index (χ0v) is 9.94. The normalized spacial score (nSPS) is 19.2. The highest BCUT2D eigenvalue weighted by atomic mass is 35.5. The fourth-order valence-electron chi connectivity index (χ4n) is 1.84. The predicted octanol–water partition coefficient (Wildman–Crippen LogP) is 2.84. The van der Waals surface area contributed by atoms with Crippen LogP contribution < -0.4 is 5.32 Å². The van der Waals surface area contributed by atoms with Gasteiger partial charge >= 0.3 is 0 Å². The van der Waals surface area contributed by atoms with Gasteiger partial charge in [0.1, 0.15) is 5.69 Å². The Morgan fingerprint density at radius 3 is 3.06 bits per heavy atom. The summed E-state index contributed by atoms with van der Waals surface area (Å²) in [6.45, 7) is 1.34. The second-order valence-corrected chi connectivity index (χ2v) is 4.37. The van der Waals surface area contributed by atoms with E-state index in [4.69, 9.17) is 16.3 Å². The van der Waals surface area contributed by atoms with Crippen LogP contribution in [0, 0.1) is 10.1 Å². The lowest BCUT2D eigenvalue weighted by Crippen LogP contribution is -2.18. The van der Waals surface area contributed by atoms with E-state index in [-0.39, 0.29) is 11.8 Å². The van der Waals surface area contributed by atoms with Gasteiger partial charge in [-0.15, -0.1) is 0 Å². The number of rotatable bonds is 4. The molecule has 1 saturated heterocycles. The third-order valence-electron chi connectivity index (χ3n) is 2.70. The van der Waals surface area contributed by atoms with E-state index in [1.165, 1.54) is 12.1 Å². The molecule has 1 aromatic rings. The number of halogens is 1. The average Bonchev–Trinajstić information content (AvgIpc) is 2.78. The minimum absolute atomic E-state index is 0.0346. The molecule has 0 saturated carbocycles. The molecule has 2 rings (SSSR count). The van der Waals surface area contributed by atoms with Crippen molar-refractivity contribution in [2.24, 2.45) is 0 Å². The van der Waals surface area contributed by atoms with Crippen LogP contribution in [0.5, 0.6) is 0 Å². The maximum Gasteiger partial charge on any atom is 0.292 e. The third kappa shape index (κ3) is 3.08. The fourth-order valence-corrected chi connectivity index (χ4v) is 2.01. The number of ether oxygens (including phenoxy) is 1. The minimum Gasteiger partial charge on any atom is -0.377 e. The van der Waals surface area contributed by atoms with Crippen LogP contribution in [0.25, 0.3) is 0 Å². The lowest BCUT2D eigenvalue weighted by atomic mass is 10.2. The van der Waals surface area contributed by atoms with E-state index < -0.39 is 4.92 Å². The maximum atomic E-state index is 10.8. The fraction of sp³-hybridized carbons (Fsp3) is 0.455. The molecule has 0 radical (unpaired) electrons. The van der Waals surface area contributed by atoms with Gasteiger partial charge < -0.3 is 10.1 Å². The summed E-state index contributed by atoms with van der Waals surface area (Å²) < 4.78 is 5.44. The SMILES string of the molecule is O=[N+]([O-])c1ccc(Cl)cc1NC[C@@H]1CCCO1. The van der Waals surface area contributed by atoms with Crippen molar-refractivity contribution >= 4 is 23.0 Å². The summed E-state index contributed by atoms with van der Waals surface area (Å²) >= 11 is 5.82. The average molecular weight is 257 g/mol. The highest BCUT2D eigenvalue weighted by molar-refractivity contribution is 6.31. The predicted molar refractivity (Wildman–Crippen MR) is 65.6 cm³/mol. The molecular weight excluding hydrogens is 244 g/mol. The zero-order chi connectivity index (χ0) is 12.3. The second-order valence-electron chi connectivity index (χ2n) is 3.93. The Morgan fingerprint density at radius 1 is 1.59 bits per heavy atom. The first kappa shape index (κ1) is 12.1. The van der Waals surface area contributed by atoms with Crippen molar-refractivity contribution < 1.29 is 9.66 Å². The van der Waals surface area contributed by atoms with Gasteiger partial charge in [0.25, 0.3) is 5.69 Å². The maximum absolute atomic E-state index is 10.8. The van der Waals surface area contributed by atoms with E-state index >= 15 is 0 Å². The van der Waals surface area contributed by atoms with Gasteiger partial charge in [0.15, 0.2) is 0 Å². The number of anilines is 1. The molecule has 1 atom stereocenters. The first-order valence-corrected chi connectivity index (χ1v) is 5.84. The summed E-state index contributed by atoms with van der Waals surface area (Å²) in [6.07, 6.45) is 2.17. The Kier molecular flexibility index (Phi) is 3.81. The van der Waals surface area contributed by atoms with Crippen LogP contribution in [0.2, 0.25) is 5.02 Å². The number of benzene rings is 1. The lowest BCUT2D eigenvalue weighted by molar-refractivity contribution is -0.384. The van der Waals surface area contributed by atoms with Crippen LogP contribution in [0.15, 0.2) is 18.2 Å². The van der Waals surface area contributed by atoms with Crippen molar-refractivity contribution in [2.75, 3.05) is 18.5 Å². The molecule has 0 bridgehead atoms. The third-order valence-corrected chi connectivity index (χ3v) is 2.93. The molecule has 1 N–H and O–H groups in total. The molecule has 17 heavy (non-hydrogen) atoms. The van der Waals surface area contributed by atoms with Crippen molar-refractivity contribution in [3.05, 3.63) is 33.3 Å². The van der Waals surface area contributed by atoms with Crippen LogP contribution in [0.3, 0.4) is 0 Å². The van der Waals surface area contributed by atoms with Crippen molar-refractivity contribution in [1.82, 2.24) is 0 Å². The molecule has 1 fully saturated rings. The molecule has 0 amide bonds. The molecule has 1 aliphatic rings. The van der Waals surface area contributed by atoms with Crippen molar-refractivity contribution in [2.45, 2.75) is 18.9 Å². The number of hydrogen-bond acceptors (Lipinski definition) is 4. The van der Waals surface area contributed by atoms with E-state index in [9.17, 15) is 10.1 Å². The van der Waals surface area contributed by atoms with Gasteiger partial charge in [0.2, 0.25) is 0 Å². The monoisotopic (exact) mass is 256 g/mol. The van der Waals surface area contributed by atoms with Gasteiger partial charge in [-0.1, -0.05) is 11.6 Å². The number of nitrogens with one attached hydrogen (secondary N) is 1. The standard InChI is InChI=1S/C11H13ClN2O3/c12-8-3-4-11(14(15)16)10(6-8)13-7-9-2-1-5-17-9/h3-4,6,9,13H,1-2,5,7H2/t9-/m0/s1. The van der Waals surface area contributed by atoms with Crippen LogP contribution in [0.4, 0.5) is 11.4 Å². The number of nitro benzene ring substituents is 1. The van der Waals surface area contributed by atoms with Crippen LogP contribution >= 0.6 is 11.6 Å². The molecule has 1 aliphatic heterocycles. The molecule has 0 unspecified atom stereocenters.